The Bertz CT molecular complexity index is 2830. The number of imidazole rings is 2. The lowest BCUT2D eigenvalue weighted by atomic mass is 9.98. The quantitative estimate of drug-likeness (QED) is 0.159. The van der Waals surface area contributed by atoms with E-state index >= 15 is 0 Å². The van der Waals surface area contributed by atoms with Crippen molar-refractivity contribution >= 4 is 39.6 Å². The fraction of sp³-hybridized carbons (Fsp3) is 0.333. The summed E-state index contributed by atoms with van der Waals surface area (Å²) in [6.07, 6.45) is 14.5. The van der Waals surface area contributed by atoms with Gasteiger partial charge in [-0.05, 0) is 83.8 Å². The summed E-state index contributed by atoms with van der Waals surface area (Å²) in [5.74, 6) is 2.63. The van der Waals surface area contributed by atoms with Crippen molar-refractivity contribution in [1.29, 1.82) is 0 Å². The number of ether oxygens (including phenoxy) is 2. The summed E-state index contributed by atoms with van der Waals surface area (Å²) >= 11 is 5.81. The molecule has 13 nitrogen and oxygen atoms in total. The Hall–Kier alpha value is -6.09. The number of rotatable bonds is 5. The average Bonchev–Trinajstić information content (AvgIpc) is 3.94. The molecule has 0 radical (unpaired) electrons. The maximum absolute atomic E-state index is 9.73. The second-order valence-electron chi connectivity index (χ2n) is 17.1. The van der Waals surface area contributed by atoms with Crippen molar-refractivity contribution in [1.82, 2.24) is 39.0 Å². The topological polar surface area (TPSA) is 149 Å². The molecule has 0 spiro atoms. The van der Waals surface area contributed by atoms with Crippen LogP contribution in [0, 0.1) is 0 Å². The molecule has 4 aliphatic rings. The minimum absolute atomic E-state index is 0.0359. The number of aliphatic hydroxyl groups excluding tert-OH is 2. The number of benzene rings is 4. The molecule has 1 saturated carbocycles. The Morgan fingerprint density at radius 2 is 0.985 bits per heavy atom. The smallest absolute Gasteiger partial charge is 0.225 e. The zero-order valence-corrected chi connectivity index (χ0v) is 36.9. The summed E-state index contributed by atoms with van der Waals surface area (Å²) < 4.78 is 16.3. The predicted molar refractivity (Wildman–Crippen MR) is 252 cm³/mol. The third-order valence-corrected chi connectivity index (χ3v) is 13.0. The van der Waals surface area contributed by atoms with Crippen LogP contribution in [0.4, 0.5) is 5.95 Å². The van der Waals surface area contributed by atoms with Gasteiger partial charge >= 0.3 is 0 Å². The zero-order chi connectivity index (χ0) is 44.1. The molecule has 65 heavy (non-hydrogen) atoms. The molecule has 8 aromatic rings. The van der Waals surface area contributed by atoms with E-state index in [1.807, 2.05) is 36.7 Å². The third-order valence-electron chi connectivity index (χ3n) is 12.8. The summed E-state index contributed by atoms with van der Waals surface area (Å²) in [4.78, 5) is 29.1. The highest BCUT2D eigenvalue weighted by molar-refractivity contribution is 6.28. The van der Waals surface area contributed by atoms with Crippen molar-refractivity contribution in [3.8, 4) is 22.3 Å². The van der Waals surface area contributed by atoms with Crippen LogP contribution >= 0.6 is 11.6 Å². The van der Waals surface area contributed by atoms with Crippen LogP contribution in [0.5, 0.6) is 0 Å². The van der Waals surface area contributed by atoms with E-state index in [2.05, 4.69) is 107 Å². The van der Waals surface area contributed by atoms with Gasteiger partial charge in [-0.15, -0.1) is 0 Å². The van der Waals surface area contributed by atoms with Gasteiger partial charge in [0.15, 0.2) is 0 Å². The monoisotopic (exact) mass is 889 g/mol. The molecule has 3 aliphatic heterocycles. The van der Waals surface area contributed by atoms with Crippen molar-refractivity contribution in [2.45, 2.75) is 82.5 Å². The second kappa shape index (κ2) is 19.6. The number of hydrogen-bond acceptors (Lipinski definition) is 11. The van der Waals surface area contributed by atoms with Crippen LogP contribution in [0.1, 0.15) is 79.8 Å². The molecule has 7 heterocycles. The summed E-state index contributed by atoms with van der Waals surface area (Å²) in [6.45, 7) is 3.90. The summed E-state index contributed by atoms with van der Waals surface area (Å²) in [6, 6.07) is 33.6. The SMILES string of the molecule is Clc1ncc(-c2ccc3nc4n(c3c2)[C@@H](c2ccccc2)COC4)cn1.OC1CCCCC1.OC1CCN(c2ncc(-c3ccc4nc5n(c4c3)[C@@H](c3ccccc3)COC5)cn2)CC1. The van der Waals surface area contributed by atoms with Crippen molar-refractivity contribution in [3.05, 3.63) is 150 Å². The average molecular weight is 890 g/mol. The van der Waals surface area contributed by atoms with Gasteiger partial charge in [0, 0.05) is 49.0 Å². The van der Waals surface area contributed by atoms with Gasteiger partial charge in [-0.3, -0.25) is 0 Å². The standard InChI is InChI=1S/C25H25N5O2.C20H15ClN4O.C6H12O/c31-20-8-10-29(11-9-20)25-26-13-19(14-27-25)18-6-7-21-22(12-18)30-23(15-32-16-24(30)28-21)17-4-2-1-3-5-17;21-20-22-9-15(10-23-20)14-6-7-16-17(8-14)25-18(11-26-12-19(25)24-16)13-4-2-1-3-5-13;7-6-4-2-1-3-5-6/h1-7,12-14,20,23,31H,8-11,15-16H2;1-10,18H,11-12H2;6-7H,1-5H2/t23-;18-;/m11./s1. The number of halogens is 1. The number of nitrogens with zero attached hydrogens (tertiary/aromatic N) is 9. The summed E-state index contributed by atoms with van der Waals surface area (Å²) in [7, 11) is 0. The Labute approximate surface area is 382 Å². The van der Waals surface area contributed by atoms with Crippen molar-refractivity contribution in [3.63, 3.8) is 0 Å². The van der Waals surface area contributed by atoms with Gasteiger partial charge in [0.1, 0.15) is 24.9 Å². The van der Waals surface area contributed by atoms with E-state index in [1.165, 1.54) is 30.4 Å². The highest BCUT2D eigenvalue weighted by Gasteiger charge is 2.27. The van der Waals surface area contributed by atoms with Gasteiger partial charge in [-0.25, -0.2) is 29.9 Å². The highest BCUT2D eigenvalue weighted by Crippen LogP contribution is 2.35. The number of anilines is 1. The van der Waals surface area contributed by atoms with E-state index in [4.69, 9.17) is 36.1 Å². The molecule has 0 amide bonds. The van der Waals surface area contributed by atoms with Crippen LogP contribution in [0.15, 0.2) is 122 Å². The minimum Gasteiger partial charge on any atom is -0.393 e. The number of hydrogen-bond donors (Lipinski definition) is 2. The first-order valence-corrected chi connectivity index (χ1v) is 23.0. The van der Waals surface area contributed by atoms with Gasteiger partial charge in [-0.1, -0.05) is 92.1 Å². The third kappa shape index (κ3) is 9.52. The number of aromatic nitrogens is 8. The van der Waals surface area contributed by atoms with E-state index < -0.39 is 0 Å². The lowest BCUT2D eigenvalue weighted by Crippen LogP contribution is -2.36. The van der Waals surface area contributed by atoms with Crippen LogP contribution in [0.25, 0.3) is 44.3 Å². The molecule has 0 bridgehead atoms. The van der Waals surface area contributed by atoms with E-state index in [9.17, 15) is 5.11 Å². The Morgan fingerprint density at radius 3 is 1.45 bits per heavy atom. The van der Waals surface area contributed by atoms with Gasteiger partial charge < -0.3 is 33.7 Å². The molecule has 0 unspecified atom stereocenters. The van der Waals surface area contributed by atoms with Gasteiger partial charge in [0.2, 0.25) is 11.2 Å². The van der Waals surface area contributed by atoms with Gasteiger partial charge in [0.05, 0.1) is 59.6 Å². The Kier molecular flexibility index (Phi) is 12.9. The molecule has 14 heteroatoms. The molecule has 2 N–H and O–H groups in total. The lowest BCUT2D eigenvalue weighted by Gasteiger charge is -2.29. The van der Waals surface area contributed by atoms with E-state index in [1.54, 1.807) is 12.4 Å². The number of aliphatic hydroxyl groups is 2. The first-order chi connectivity index (χ1) is 31.9. The molecule has 2 atom stereocenters. The largest absolute Gasteiger partial charge is 0.393 e. The van der Waals surface area contributed by atoms with Crippen molar-refractivity contribution < 1.29 is 19.7 Å². The van der Waals surface area contributed by atoms with Crippen LogP contribution in [0.2, 0.25) is 5.28 Å². The van der Waals surface area contributed by atoms with E-state index in [0.29, 0.717) is 26.4 Å². The number of piperidine rings is 1. The summed E-state index contributed by atoms with van der Waals surface area (Å²) in [5.41, 5.74) is 10.6. The van der Waals surface area contributed by atoms with Crippen LogP contribution in [0.3, 0.4) is 0 Å². The predicted octanol–water partition coefficient (Wildman–Crippen LogP) is 9.15. The Balaban J connectivity index is 0.000000135. The molecule has 2 fully saturated rings. The van der Waals surface area contributed by atoms with Gasteiger partial charge in [-0.2, -0.15) is 0 Å². The number of fused-ring (bicyclic) bond motifs is 6. The molecule has 1 aliphatic carbocycles. The minimum atomic E-state index is -0.205. The molecular weight excluding hydrogens is 838 g/mol. The fourth-order valence-electron chi connectivity index (χ4n) is 9.30. The maximum Gasteiger partial charge on any atom is 0.225 e. The fourth-order valence-corrected chi connectivity index (χ4v) is 9.40. The normalized spacial score (nSPS) is 18.8. The molecule has 12 rings (SSSR count). The Morgan fingerprint density at radius 1 is 0.523 bits per heavy atom. The zero-order valence-electron chi connectivity index (χ0n) is 36.2. The molecule has 1 saturated heterocycles. The first kappa shape index (κ1) is 42.8. The molecule has 4 aromatic heterocycles. The van der Waals surface area contributed by atoms with Gasteiger partial charge in [0.25, 0.3) is 0 Å². The van der Waals surface area contributed by atoms with Crippen molar-refractivity contribution in [2.24, 2.45) is 0 Å². The maximum atomic E-state index is 9.73. The first-order valence-electron chi connectivity index (χ1n) is 22.6. The van der Waals surface area contributed by atoms with Crippen LogP contribution < -0.4 is 4.90 Å². The molecule has 4 aromatic carbocycles. The second-order valence-corrected chi connectivity index (χ2v) is 17.4. The van der Waals surface area contributed by atoms with E-state index in [0.717, 1.165) is 101 Å². The molecule has 332 valence electrons. The van der Waals surface area contributed by atoms with Crippen LogP contribution in [-0.4, -0.2) is 87.8 Å². The lowest BCUT2D eigenvalue weighted by molar-refractivity contribution is 0.0679. The summed E-state index contributed by atoms with van der Waals surface area (Å²) in [5, 5.41) is 18.9. The van der Waals surface area contributed by atoms with Crippen molar-refractivity contribution in [2.75, 3.05) is 31.2 Å². The molecular formula is C51H52ClN9O4. The van der Waals surface area contributed by atoms with E-state index in [-0.39, 0.29) is 29.6 Å². The van der Waals surface area contributed by atoms with Crippen LogP contribution in [-0.2, 0) is 22.7 Å². The highest BCUT2D eigenvalue weighted by atomic mass is 35.5.